The molecule has 9 heteroatoms. The van der Waals surface area contributed by atoms with Crippen molar-refractivity contribution in [2.75, 3.05) is 18.5 Å². The fourth-order valence-electron chi connectivity index (χ4n) is 6.72. The first-order valence-electron chi connectivity index (χ1n) is 16.6. The molecule has 47 heavy (non-hydrogen) atoms. The van der Waals surface area contributed by atoms with Crippen molar-refractivity contribution in [3.05, 3.63) is 114 Å². The van der Waals surface area contributed by atoms with E-state index < -0.39 is 12.1 Å². The van der Waals surface area contributed by atoms with Crippen LogP contribution in [-0.2, 0) is 16.1 Å². The largest absolute Gasteiger partial charge is 0.459 e. The molecule has 1 atom stereocenters. The minimum atomic E-state index is -0.730. The number of amides is 3. The number of fused-ring (bicyclic) bond motifs is 3. The van der Waals surface area contributed by atoms with Crippen molar-refractivity contribution in [3.8, 4) is 11.1 Å². The molecule has 244 valence electrons. The molecule has 1 saturated carbocycles. The number of carbonyl (C=O) groups excluding carboxylic acids is 3. The first kappa shape index (κ1) is 32.1. The van der Waals surface area contributed by atoms with Crippen molar-refractivity contribution >= 4 is 23.6 Å². The third-order valence-electron chi connectivity index (χ3n) is 9.22. The Labute approximate surface area is 275 Å². The topological polar surface area (TPSA) is 127 Å². The zero-order chi connectivity index (χ0) is 32.6. The van der Waals surface area contributed by atoms with Crippen LogP contribution in [0.5, 0.6) is 0 Å². The number of nitrogens with zero attached hydrogens (tertiary/aromatic N) is 1. The molecule has 0 aliphatic heterocycles. The molecule has 0 unspecified atom stereocenters. The van der Waals surface area contributed by atoms with Crippen LogP contribution in [0.15, 0.2) is 95.6 Å². The smallest absolute Gasteiger partial charge is 0.407 e. The van der Waals surface area contributed by atoms with Gasteiger partial charge in [0.1, 0.15) is 6.61 Å². The average Bonchev–Trinajstić information content (AvgIpc) is 3.76. The minimum absolute atomic E-state index is 0.000576. The van der Waals surface area contributed by atoms with Crippen LogP contribution in [0.2, 0.25) is 0 Å². The Hall–Kier alpha value is -4.89. The number of rotatable bonds is 12. The van der Waals surface area contributed by atoms with E-state index in [1.165, 1.54) is 23.8 Å². The Morgan fingerprint density at radius 2 is 1.55 bits per heavy atom. The van der Waals surface area contributed by atoms with E-state index >= 15 is 0 Å². The van der Waals surface area contributed by atoms with Crippen LogP contribution in [0.4, 0.5) is 10.5 Å². The van der Waals surface area contributed by atoms with Gasteiger partial charge in [0, 0.05) is 30.7 Å². The summed E-state index contributed by atoms with van der Waals surface area (Å²) in [6.45, 7) is 1.06. The molecule has 4 N–H and O–H groups in total. The number of hydrogen-bond acceptors (Lipinski definition) is 6. The van der Waals surface area contributed by atoms with E-state index in [-0.39, 0.29) is 30.4 Å². The van der Waals surface area contributed by atoms with Gasteiger partial charge in [-0.15, -0.1) is 0 Å². The van der Waals surface area contributed by atoms with Gasteiger partial charge >= 0.3 is 6.09 Å². The number of hydrogen-bond donors (Lipinski definition) is 3. The molecule has 6 rings (SSSR count). The second-order valence-corrected chi connectivity index (χ2v) is 12.4. The summed E-state index contributed by atoms with van der Waals surface area (Å²) in [6, 6.07) is 26.8. The van der Waals surface area contributed by atoms with E-state index in [1.54, 1.807) is 12.1 Å². The lowest BCUT2D eigenvalue weighted by molar-refractivity contribution is -0.117. The predicted molar refractivity (Wildman–Crippen MR) is 181 cm³/mol. The fourth-order valence-corrected chi connectivity index (χ4v) is 6.72. The van der Waals surface area contributed by atoms with Crippen molar-refractivity contribution in [3.63, 3.8) is 0 Å². The first-order valence-corrected chi connectivity index (χ1v) is 16.6. The van der Waals surface area contributed by atoms with E-state index in [4.69, 9.17) is 14.9 Å². The zero-order valence-electron chi connectivity index (χ0n) is 26.5. The van der Waals surface area contributed by atoms with Crippen molar-refractivity contribution in [1.29, 1.82) is 0 Å². The highest BCUT2D eigenvalue weighted by Crippen LogP contribution is 2.44. The van der Waals surface area contributed by atoms with Gasteiger partial charge in [-0.1, -0.05) is 79.9 Å². The van der Waals surface area contributed by atoms with E-state index in [0.717, 1.165) is 42.4 Å². The quantitative estimate of drug-likeness (QED) is 0.147. The van der Waals surface area contributed by atoms with Crippen LogP contribution in [0, 0.1) is 0 Å². The van der Waals surface area contributed by atoms with Crippen molar-refractivity contribution in [1.82, 2.24) is 10.2 Å². The van der Waals surface area contributed by atoms with E-state index in [0.29, 0.717) is 37.4 Å². The highest BCUT2D eigenvalue weighted by atomic mass is 16.5. The number of alkyl carbamates (subject to hydrolysis) is 1. The van der Waals surface area contributed by atoms with Crippen molar-refractivity contribution < 1.29 is 23.5 Å². The maximum Gasteiger partial charge on any atom is 0.407 e. The summed E-state index contributed by atoms with van der Waals surface area (Å²) in [7, 11) is 0. The number of carbonyl (C=O) groups is 3. The normalized spacial score (nSPS) is 14.9. The lowest BCUT2D eigenvalue weighted by Crippen LogP contribution is -2.40. The molecular formula is C38H42N4O5. The molecule has 4 aromatic rings. The van der Waals surface area contributed by atoms with Gasteiger partial charge in [0.05, 0.1) is 12.3 Å². The lowest BCUT2D eigenvalue weighted by atomic mass is 9.93. The summed E-state index contributed by atoms with van der Waals surface area (Å²) in [5.74, 6) is -0.0459. The molecule has 2 aliphatic carbocycles. The lowest BCUT2D eigenvalue weighted by Gasteiger charge is -2.34. The molecule has 0 saturated heterocycles. The summed E-state index contributed by atoms with van der Waals surface area (Å²) in [6.07, 6.45) is 7.36. The second kappa shape index (κ2) is 15.1. The predicted octanol–water partition coefficient (Wildman–Crippen LogP) is 6.84. The average molecular weight is 635 g/mol. The van der Waals surface area contributed by atoms with E-state index in [2.05, 4.69) is 34.9 Å². The Bertz CT molecular complexity index is 1620. The van der Waals surface area contributed by atoms with Gasteiger partial charge in [-0.3, -0.25) is 9.59 Å². The molecule has 1 fully saturated rings. The highest BCUT2D eigenvalue weighted by Gasteiger charge is 2.30. The molecule has 1 heterocycles. The molecule has 0 bridgehead atoms. The Morgan fingerprint density at radius 1 is 0.872 bits per heavy atom. The molecule has 0 radical (unpaired) electrons. The van der Waals surface area contributed by atoms with Crippen molar-refractivity contribution in [2.45, 2.75) is 69.5 Å². The summed E-state index contributed by atoms with van der Waals surface area (Å²) in [5.41, 5.74) is 12.4. The summed E-state index contributed by atoms with van der Waals surface area (Å²) in [5, 5.41) is 5.66. The molecular weight excluding hydrogens is 592 g/mol. The van der Waals surface area contributed by atoms with Crippen LogP contribution in [0.1, 0.15) is 78.1 Å². The Balaban J connectivity index is 0.929. The molecule has 3 aromatic carbocycles. The van der Waals surface area contributed by atoms with Gasteiger partial charge in [-0.05, 0) is 77.8 Å². The highest BCUT2D eigenvalue weighted by molar-refractivity contribution is 5.94. The van der Waals surface area contributed by atoms with Crippen LogP contribution >= 0.6 is 0 Å². The van der Waals surface area contributed by atoms with Crippen molar-refractivity contribution in [2.24, 2.45) is 5.73 Å². The number of furan rings is 1. The third-order valence-corrected chi connectivity index (χ3v) is 9.22. The molecule has 2 aliphatic rings. The third kappa shape index (κ3) is 7.74. The van der Waals surface area contributed by atoms with Crippen LogP contribution in [-0.4, -0.2) is 48.0 Å². The van der Waals surface area contributed by atoms with Crippen LogP contribution in [0.3, 0.4) is 0 Å². The number of ether oxygens (including phenoxy) is 1. The Morgan fingerprint density at radius 3 is 2.21 bits per heavy atom. The van der Waals surface area contributed by atoms with Gasteiger partial charge in [0.25, 0.3) is 5.91 Å². The SMILES string of the molecule is N[C@@H](CCCNC(=O)OCC1c2ccccc2-c2ccccc21)C(=O)Nc1ccc(CN(C(=O)c2ccco2)C2CCCCC2)cc1. The van der Waals surface area contributed by atoms with E-state index in [1.807, 2.05) is 53.4 Å². The second-order valence-electron chi connectivity index (χ2n) is 12.4. The number of nitrogens with two attached hydrogens (primary N) is 1. The van der Waals surface area contributed by atoms with Gasteiger partial charge < -0.3 is 30.4 Å². The molecule has 0 spiro atoms. The number of anilines is 1. The van der Waals surface area contributed by atoms with Gasteiger partial charge in [-0.2, -0.15) is 0 Å². The number of benzene rings is 3. The number of nitrogens with one attached hydrogen (secondary N) is 2. The monoisotopic (exact) mass is 634 g/mol. The fraction of sp³-hybridized carbons (Fsp3) is 0.342. The summed E-state index contributed by atoms with van der Waals surface area (Å²) in [4.78, 5) is 40.4. The first-order chi connectivity index (χ1) is 23.0. The molecule has 1 aromatic heterocycles. The molecule has 9 nitrogen and oxygen atoms in total. The van der Waals surface area contributed by atoms with E-state index in [9.17, 15) is 14.4 Å². The minimum Gasteiger partial charge on any atom is -0.459 e. The zero-order valence-corrected chi connectivity index (χ0v) is 26.5. The van der Waals surface area contributed by atoms with Gasteiger partial charge in [0.15, 0.2) is 5.76 Å². The summed E-state index contributed by atoms with van der Waals surface area (Å²) < 4.78 is 11.0. The maximum absolute atomic E-state index is 13.2. The van der Waals surface area contributed by atoms with Gasteiger partial charge in [0.2, 0.25) is 5.91 Å². The van der Waals surface area contributed by atoms with Crippen LogP contribution in [0.25, 0.3) is 11.1 Å². The standard InChI is InChI=1S/C38H42N4O5/c39-34(16-8-22-40-38(45)47-25-33-31-14-6-4-12-29(31)30-13-5-7-15-32(30)33)36(43)41-27-20-18-26(19-21-27)24-42(28-10-2-1-3-11-28)37(44)35-17-9-23-46-35/h4-7,9,12-15,17-21,23,28,33-34H,1-3,8,10-11,16,22,24-25,39H2,(H,40,45)(H,41,43)/t34-/m0/s1. The Kier molecular flexibility index (Phi) is 10.3. The van der Waals surface area contributed by atoms with Crippen LogP contribution < -0.4 is 16.4 Å². The maximum atomic E-state index is 13.2. The summed E-state index contributed by atoms with van der Waals surface area (Å²) >= 11 is 0. The molecule has 3 amide bonds. The van der Waals surface area contributed by atoms with Gasteiger partial charge in [-0.25, -0.2) is 4.79 Å².